The molecule has 4 aromatic rings. The number of carboxylic acid groups (broad SMARTS) is 1. The van der Waals surface area contributed by atoms with Crippen molar-refractivity contribution in [1.29, 1.82) is 0 Å². The maximum absolute atomic E-state index is 12.7. The van der Waals surface area contributed by atoms with E-state index in [-0.39, 0.29) is 11.3 Å². The number of rotatable bonds is 6. The molecule has 0 aliphatic carbocycles. The summed E-state index contributed by atoms with van der Waals surface area (Å²) in [6, 6.07) is 20.6. The smallest absolute Gasteiger partial charge is 0.337 e. The van der Waals surface area contributed by atoms with E-state index in [2.05, 4.69) is 10.3 Å². The number of aromatic nitrogens is 2. The van der Waals surface area contributed by atoms with Gasteiger partial charge in [-0.2, -0.15) is 0 Å². The molecular weight excluding hydrogens is 382 g/mol. The maximum atomic E-state index is 12.7. The molecule has 0 saturated carbocycles. The first-order valence-corrected chi connectivity index (χ1v) is 9.11. The molecule has 0 aliphatic heterocycles. The molecule has 0 aliphatic rings. The van der Waals surface area contributed by atoms with Crippen LogP contribution in [0, 0.1) is 0 Å². The molecule has 0 bridgehead atoms. The average Bonchev–Trinajstić information content (AvgIpc) is 3.29. The lowest BCUT2D eigenvalue weighted by atomic mass is 10.1. The SMILES string of the molecule is O=C(Nc1cc(Oc2ccccc2)ccc1C(=O)O)c1ccc(-n2cccc2)nc1. The van der Waals surface area contributed by atoms with Gasteiger partial charge in [0, 0.05) is 24.7 Å². The Morgan fingerprint density at radius 2 is 1.67 bits per heavy atom. The van der Waals surface area contributed by atoms with Crippen LogP contribution in [0.25, 0.3) is 5.82 Å². The largest absolute Gasteiger partial charge is 0.478 e. The van der Waals surface area contributed by atoms with E-state index in [1.807, 2.05) is 47.3 Å². The Hall–Kier alpha value is -4.39. The minimum Gasteiger partial charge on any atom is -0.478 e. The molecule has 0 atom stereocenters. The Bertz CT molecular complexity index is 1170. The van der Waals surface area contributed by atoms with Crippen molar-refractivity contribution in [3.8, 4) is 17.3 Å². The molecule has 4 rings (SSSR count). The highest BCUT2D eigenvalue weighted by Gasteiger charge is 2.15. The van der Waals surface area contributed by atoms with Crippen LogP contribution in [-0.4, -0.2) is 26.5 Å². The van der Waals surface area contributed by atoms with Crippen LogP contribution < -0.4 is 10.1 Å². The van der Waals surface area contributed by atoms with Crippen LogP contribution in [0.4, 0.5) is 5.69 Å². The number of carboxylic acids is 1. The lowest BCUT2D eigenvalue weighted by molar-refractivity contribution is 0.0698. The number of hydrogen-bond donors (Lipinski definition) is 2. The van der Waals surface area contributed by atoms with Crippen molar-refractivity contribution in [2.24, 2.45) is 0 Å². The second kappa shape index (κ2) is 8.32. The molecule has 0 saturated heterocycles. The monoisotopic (exact) mass is 399 g/mol. The third kappa shape index (κ3) is 4.20. The van der Waals surface area contributed by atoms with Gasteiger partial charge in [0.05, 0.1) is 16.8 Å². The first-order chi connectivity index (χ1) is 14.6. The van der Waals surface area contributed by atoms with Gasteiger partial charge in [0.1, 0.15) is 17.3 Å². The van der Waals surface area contributed by atoms with Crippen LogP contribution in [0.3, 0.4) is 0 Å². The Balaban J connectivity index is 1.56. The van der Waals surface area contributed by atoms with Gasteiger partial charge in [-0.25, -0.2) is 9.78 Å². The predicted octanol–water partition coefficient (Wildman–Crippen LogP) is 4.62. The molecule has 0 fully saturated rings. The minimum atomic E-state index is -1.15. The van der Waals surface area contributed by atoms with Crippen LogP contribution in [-0.2, 0) is 0 Å². The van der Waals surface area contributed by atoms with E-state index >= 15 is 0 Å². The summed E-state index contributed by atoms with van der Waals surface area (Å²) in [6.45, 7) is 0. The van der Waals surface area contributed by atoms with Crippen molar-refractivity contribution in [3.05, 3.63) is 103 Å². The molecule has 1 amide bonds. The van der Waals surface area contributed by atoms with E-state index in [0.29, 0.717) is 22.9 Å². The number of aromatic carboxylic acids is 1. The van der Waals surface area contributed by atoms with Crippen LogP contribution in [0.5, 0.6) is 11.5 Å². The summed E-state index contributed by atoms with van der Waals surface area (Å²) >= 11 is 0. The second-order valence-corrected chi connectivity index (χ2v) is 6.38. The number of amides is 1. The van der Waals surface area contributed by atoms with E-state index in [0.717, 1.165) is 0 Å². The van der Waals surface area contributed by atoms with Crippen LogP contribution in [0.15, 0.2) is 91.4 Å². The van der Waals surface area contributed by atoms with Crippen molar-refractivity contribution >= 4 is 17.6 Å². The van der Waals surface area contributed by atoms with Crippen molar-refractivity contribution in [3.63, 3.8) is 0 Å². The molecule has 2 aromatic carbocycles. The Kier molecular flexibility index (Phi) is 5.25. The summed E-state index contributed by atoms with van der Waals surface area (Å²) in [5.74, 6) is 0.0461. The summed E-state index contributed by atoms with van der Waals surface area (Å²) in [5, 5.41) is 12.1. The topological polar surface area (TPSA) is 93.5 Å². The summed E-state index contributed by atoms with van der Waals surface area (Å²) < 4.78 is 7.55. The fourth-order valence-electron chi connectivity index (χ4n) is 2.86. The fourth-order valence-corrected chi connectivity index (χ4v) is 2.86. The summed E-state index contributed by atoms with van der Waals surface area (Å²) in [5.41, 5.74) is 0.396. The van der Waals surface area contributed by atoms with Gasteiger partial charge in [0.25, 0.3) is 5.91 Å². The molecule has 2 aromatic heterocycles. The van der Waals surface area contributed by atoms with Crippen LogP contribution in [0.2, 0.25) is 0 Å². The van der Waals surface area contributed by atoms with Gasteiger partial charge in [0.15, 0.2) is 0 Å². The van der Waals surface area contributed by atoms with Crippen molar-refractivity contribution in [1.82, 2.24) is 9.55 Å². The highest BCUT2D eigenvalue weighted by atomic mass is 16.5. The normalized spacial score (nSPS) is 10.4. The van der Waals surface area contributed by atoms with Gasteiger partial charge < -0.3 is 19.7 Å². The summed E-state index contributed by atoms with van der Waals surface area (Å²) in [7, 11) is 0. The van der Waals surface area contributed by atoms with E-state index in [1.54, 1.807) is 30.3 Å². The molecule has 7 heteroatoms. The van der Waals surface area contributed by atoms with Crippen molar-refractivity contribution in [2.45, 2.75) is 0 Å². The number of carbonyl (C=O) groups is 2. The molecule has 0 radical (unpaired) electrons. The molecule has 2 N–H and O–H groups in total. The van der Waals surface area contributed by atoms with Gasteiger partial charge in [-0.15, -0.1) is 0 Å². The van der Waals surface area contributed by atoms with E-state index < -0.39 is 11.9 Å². The average molecular weight is 399 g/mol. The number of benzene rings is 2. The molecule has 148 valence electrons. The van der Waals surface area contributed by atoms with E-state index in [1.165, 1.54) is 18.3 Å². The molecule has 30 heavy (non-hydrogen) atoms. The highest BCUT2D eigenvalue weighted by molar-refractivity contribution is 6.07. The summed E-state index contributed by atoms with van der Waals surface area (Å²) in [4.78, 5) is 28.5. The van der Waals surface area contributed by atoms with Crippen LogP contribution in [0.1, 0.15) is 20.7 Å². The Morgan fingerprint density at radius 1 is 0.900 bits per heavy atom. The highest BCUT2D eigenvalue weighted by Crippen LogP contribution is 2.27. The van der Waals surface area contributed by atoms with Gasteiger partial charge in [0.2, 0.25) is 0 Å². The van der Waals surface area contributed by atoms with Gasteiger partial charge in [-0.1, -0.05) is 18.2 Å². The van der Waals surface area contributed by atoms with Gasteiger partial charge >= 0.3 is 5.97 Å². The van der Waals surface area contributed by atoms with Crippen molar-refractivity contribution < 1.29 is 19.4 Å². The first-order valence-electron chi connectivity index (χ1n) is 9.11. The number of para-hydroxylation sites is 1. The zero-order valence-electron chi connectivity index (χ0n) is 15.7. The number of nitrogens with one attached hydrogen (secondary N) is 1. The lowest BCUT2D eigenvalue weighted by Gasteiger charge is -2.12. The number of carbonyl (C=O) groups excluding carboxylic acids is 1. The number of nitrogens with zero attached hydrogens (tertiary/aromatic N) is 2. The van der Waals surface area contributed by atoms with Crippen LogP contribution >= 0.6 is 0 Å². The second-order valence-electron chi connectivity index (χ2n) is 6.38. The molecular formula is C23H17N3O4. The number of anilines is 1. The summed E-state index contributed by atoms with van der Waals surface area (Å²) in [6.07, 6.45) is 5.13. The zero-order chi connectivity index (χ0) is 20.9. The Labute approximate surface area is 172 Å². The third-order valence-electron chi connectivity index (χ3n) is 4.33. The molecule has 0 spiro atoms. The number of ether oxygens (including phenoxy) is 1. The molecule has 7 nitrogen and oxygen atoms in total. The number of hydrogen-bond acceptors (Lipinski definition) is 4. The molecule has 2 heterocycles. The maximum Gasteiger partial charge on any atom is 0.337 e. The number of pyridine rings is 1. The van der Waals surface area contributed by atoms with Gasteiger partial charge in [-0.3, -0.25) is 4.79 Å². The van der Waals surface area contributed by atoms with Crippen molar-refractivity contribution in [2.75, 3.05) is 5.32 Å². The predicted molar refractivity (Wildman–Crippen MR) is 111 cm³/mol. The first kappa shape index (κ1) is 18.9. The lowest BCUT2D eigenvalue weighted by Crippen LogP contribution is -2.15. The Morgan fingerprint density at radius 3 is 2.33 bits per heavy atom. The third-order valence-corrected chi connectivity index (χ3v) is 4.33. The quantitative estimate of drug-likeness (QED) is 0.494. The van der Waals surface area contributed by atoms with Gasteiger partial charge in [-0.05, 0) is 48.5 Å². The van der Waals surface area contributed by atoms with E-state index in [4.69, 9.17) is 4.74 Å². The standard InChI is InChI=1S/C23H17N3O4/c27-22(16-8-11-21(24-15-16)26-12-4-5-13-26)25-20-14-18(9-10-19(20)23(28)29)30-17-6-2-1-3-7-17/h1-15H,(H,25,27)(H,28,29). The minimum absolute atomic E-state index is 0.0410. The van der Waals surface area contributed by atoms with E-state index in [9.17, 15) is 14.7 Å². The molecule has 0 unspecified atom stereocenters. The fraction of sp³-hybridized carbons (Fsp3) is 0. The zero-order valence-corrected chi connectivity index (χ0v) is 15.7.